The standard InChI is InChI=1S/C12H21ClN2/c1-5-9(4)15-12(7-3)10(8-13)11(6-2)14-15/h9H,5-8H2,1-4H3. The lowest BCUT2D eigenvalue weighted by atomic mass is 10.1. The first-order chi connectivity index (χ1) is 7.19. The summed E-state index contributed by atoms with van der Waals surface area (Å²) in [7, 11) is 0. The molecule has 0 aliphatic heterocycles. The Hall–Kier alpha value is -0.500. The van der Waals surface area contributed by atoms with Crippen LogP contribution in [0, 0.1) is 0 Å². The van der Waals surface area contributed by atoms with Crippen molar-refractivity contribution in [1.29, 1.82) is 0 Å². The fraction of sp³-hybridized carbons (Fsp3) is 0.750. The molecule has 0 radical (unpaired) electrons. The van der Waals surface area contributed by atoms with Gasteiger partial charge in [-0.3, -0.25) is 4.68 Å². The van der Waals surface area contributed by atoms with Crippen molar-refractivity contribution in [2.45, 2.75) is 58.9 Å². The van der Waals surface area contributed by atoms with Crippen molar-refractivity contribution in [2.75, 3.05) is 0 Å². The molecule has 0 saturated carbocycles. The summed E-state index contributed by atoms with van der Waals surface area (Å²) in [5, 5.41) is 4.67. The van der Waals surface area contributed by atoms with Crippen LogP contribution in [-0.2, 0) is 18.7 Å². The molecule has 1 rings (SSSR count). The van der Waals surface area contributed by atoms with Gasteiger partial charge >= 0.3 is 0 Å². The molecule has 0 aliphatic carbocycles. The van der Waals surface area contributed by atoms with Gasteiger partial charge in [-0.05, 0) is 26.2 Å². The normalized spacial score (nSPS) is 13.1. The Labute approximate surface area is 97.6 Å². The van der Waals surface area contributed by atoms with Crippen LogP contribution in [-0.4, -0.2) is 9.78 Å². The quantitative estimate of drug-likeness (QED) is 0.703. The van der Waals surface area contributed by atoms with Crippen molar-refractivity contribution in [3.8, 4) is 0 Å². The van der Waals surface area contributed by atoms with Crippen LogP contribution >= 0.6 is 11.6 Å². The van der Waals surface area contributed by atoms with Crippen LogP contribution in [0.4, 0.5) is 0 Å². The van der Waals surface area contributed by atoms with Gasteiger partial charge in [0.05, 0.1) is 11.6 Å². The monoisotopic (exact) mass is 228 g/mol. The number of hydrogen-bond acceptors (Lipinski definition) is 1. The Bertz CT molecular complexity index is 318. The predicted octanol–water partition coefficient (Wildman–Crippen LogP) is 3.72. The van der Waals surface area contributed by atoms with E-state index in [2.05, 4.69) is 37.5 Å². The highest BCUT2D eigenvalue weighted by Crippen LogP contribution is 2.22. The van der Waals surface area contributed by atoms with Crippen LogP contribution in [0.3, 0.4) is 0 Å². The van der Waals surface area contributed by atoms with E-state index in [9.17, 15) is 0 Å². The minimum absolute atomic E-state index is 0.474. The minimum atomic E-state index is 0.474. The first kappa shape index (κ1) is 12.6. The maximum absolute atomic E-state index is 6.00. The van der Waals surface area contributed by atoms with Gasteiger partial charge in [0.1, 0.15) is 0 Å². The zero-order chi connectivity index (χ0) is 11.4. The molecule has 0 bridgehead atoms. The second-order valence-electron chi connectivity index (χ2n) is 3.91. The Balaban J connectivity index is 3.21. The molecular weight excluding hydrogens is 208 g/mol. The number of halogens is 1. The second-order valence-corrected chi connectivity index (χ2v) is 4.18. The Morgan fingerprint density at radius 2 is 1.93 bits per heavy atom. The van der Waals surface area contributed by atoms with Crippen molar-refractivity contribution < 1.29 is 0 Å². The summed E-state index contributed by atoms with van der Waals surface area (Å²) in [4.78, 5) is 0. The highest BCUT2D eigenvalue weighted by Gasteiger charge is 2.16. The first-order valence-corrected chi connectivity index (χ1v) is 6.37. The topological polar surface area (TPSA) is 17.8 Å². The van der Waals surface area contributed by atoms with Crippen molar-refractivity contribution in [3.63, 3.8) is 0 Å². The van der Waals surface area contributed by atoms with Gasteiger partial charge in [0, 0.05) is 17.3 Å². The average molecular weight is 229 g/mol. The number of nitrogens with zero attached hydrogens (tertiary/aromatic N) is 2. The van der Waals surface area contributed by atoms with Crippen molar-refractivity contribution >= 4 is 11.6 Å². The van der Waals surface area contributed by atoms with E-state index in [-0.39, 0.29) is 0 Å². The van der Waals surface area contributed by atoms with E-state index in [1.54, 1.807) is 0 Å². The zero-order valence-electron chi connectivity index (χ0n) is 10.2. The van der Waals surface area contributed by atoms with Crippen LogP contribution in [0.15, 0.2) is 0 Å². The molecule has 15 heavy (non-hydrogen) atoms. The van der Waals surface area contributed by atoms with E-state index in [4.69, 9.17) is 11.6 Å². The van der Waals surface area contributed by atoms with Gasteiger partial charge in [-0.25, -0.2) is 0 Å². The third-order valence-electron chi connectivity index (χ3n) is 3.01. The molecule has 0 spiro atoms. The Kier molecular flexibility index (Phi) is 4.65. The van der Waals surface area contributed by atoms with Crippen LogP contribution in [0.25, 0.3) is 0 Å². The molecule has 1 atom stereocenters. The minimum Gasteiger partial charge on any atom is -0.266 e. The fourth-order valence-corrected chi connectivity index (χ4v) is 2.22. The Morgan fingerprint density at radius 1 is 1.27 bits per heavy atom. The molecule has 86 valence electrons. The van der Waals surface area contributed by atoms with Gasteiger partial charge in [-0.1, -0.05) is 20.8 Å². The fourth-order valence-electron chi connectivity index (χ4n) is 1.91. The third kappa shape index (κ3) is 2.36. The van der Waals surface area contributed by atoms with Crippen LogP contribution in [0.5, 0.6) is 0 Å². The van der Waals surface area contributed by atoms with Gasteiger partial charge in [-0.15, -0.1) is 11.6 Å². The molecule has 1 heterocycles. The molecule has 3 heteroatoms. The van der Waals surface area contributed by atoms with Crippen molar-refractivity contribution in [2.24, 2.45) is 0 Å². The average Bonchev–Trinajstić information content (AvgIpc) is 2.65. The summed E-state index contributed by atoms with van der Waals surface area (Å²) in [5.41, 5.74) is 3.74. The summed E-state index contributed by atoms with van der Waals surface area (Å²) in [6, 6.07) is 0.474. The predicted molar refractivity (Wildman–Crippen MR) is 65.5 cm³/mol. The van der Waals surface area contributed by atoms with Gasteiger partial charge in [-0.2, -0.15) is 5.10 Å². The maximum Gasteiger partial charge on any atom is 0.0669 e. The zero-order valence-corrected chi connectivity index (χ0v) is 10.9. The molecule has 0 saturated heterocycles. The lowest BCUT2D eigenvalue weighted by Gasteiger charge is -2.13. The molecule has 0 amide bonds. The molecule has 1 unspecified atom stereocenters. The highest BCUT2D eigenvalue weighted by atomic mass is 35.5. The van der Waals surface area contributed by atoms with Gasteiger partial charge in [0.15, 0.2) is 0 Å². The number of aryl methyl sites for hydroxylation is 1. The lowest BCUT2D eigenvalue weighted by molar-refractivity contribution is 0.458. The van der Waals surface area contributed by atoms with Crippen molar-refractivity contribution in [3.05, 3.63) is 17.0 Å². The summed E-state index contributed by atoms with van der Waals surface area (Å²) in [6.07, 6.45) is 3.09. The van der Waals surface area contributed by atoms with Crippen LogP contribution in [0.2, 0.25) is 0 Å². The van der Waals surface area contributed by atoms with Gasteiger partial charge in [0.25, 0.3) is 0 Å². The molecule has 0 fully saturated rings. The smallest absolute Gasteiger partial charge is 0.0669 e. The summed E-state index contributed by atoms with van der Waals surface area (Å²) < 4.78 is 2.16. The van der Waals surface area contributed by atoms with E-state index < -0.39 is 0 Å². The van der Waals surface area contributed by atoms with Crippen LogP contribution < -0.4 is 0 Å². The van der Waals surface area contributed by atoms with Gasteiger partial charge < -0.3 is 0 Å². The summed E-state index contributed by atoms with van der Waals surface area (Å²) in [6.45, 7) is 8.71. The number of alkyl halides is 1. The van der Waals surface area contributed by atoms with E-state index in [0.29, 0.717) is 11.9 Å². The van der Waals surface area contributed by atoms with E-state index in [1.807, 2.05) is 0 Å². The first-order valence-electron chi connectivity index (χ1n) is 5.84. The molecule has 0 aliphatic rings. The third-order valence-corrected chi connectivity index (χ3v) is 3.28. The molecule has 0 N–H and O–H groups in total. The molecular formula is C12H21ClN2. The highest BCUT2D eigenvalue weighted by molar-refractivity contribution is 6.17. The van der Waals surface area contributed by atoms with Crippen molar-refractivity contribution in [1.82, 2.24) is 9.78 Å². The molecule has 2 nitrogen and oxygen atoms in total. The maximum atomic E-state index is 6.00. The molecule has 1 aromatic heterocycles. The SMILES string of the molecule is CCc1nn(C(C)CC)c(CC)c1CCl. The molecule has 0 aromatic carbocycles. The lowest BCUT2D eigenvalue weighted by Crippen LogP contribution is -2.09. The summed E-state index contributed by atoms with van der Waals surface area (Å²) in [5.74, 6) is 0.586. The Morgan fingerprint density at radius 3 is 2.33 bits per heavy atom. The second kappa shape index (κ2) is 5.55. The molecule has 1 aromatic rings. The van der Waals surface area contributed by atoms with Crippen LogP contribution in [0.1, 0.15) is 57.1 Å². The van der Waals surface area contributed by atoms with E-state index in [1.165, 1.54) is 17.0 Å². The van der Waals surface area contributed by atoms with E-state index >= 15 is 0 Å². The number of hydrogen-bond donors (Lipinski definition) is 0. The number of aromatic nitrogens is 2. The van der Waals surface area contributed by atoms with Gasteiger partial charge in [0.2, 0.25) is 0 Å². The largest absolute Gasteiger partial charge is 0.266 e. The van der Waals surface area contributed by atoms with E-state index in [0.717, 1.165) is 19.3 Å². The summed E-state index contributed by atoms with van der Waals surface area (Å²) >= 11 is 6.00. The number of rotatable bonds is 5.